The van der Waals surface area contributed by atoms with Gasteiger partial charge in [-0.15, -0.1) is 0 Å². The second-order valence-electron chi connectivity index (χ2n) is 7.40. The SMILES string of the molecule is CN1CCN(N2C(=O)C(=Cc3ccc4noc(-c5ccccc5)c4c3)SC2=S)CC1. The monoisotopic (exact) mass is 436 g/mol. The second-order valence-corrected chi connectivity index (χ2v) is 9.08. The maximum Gasteiger partial charge on any atom is 0.280 e. The number of rotatable bonds is 3. The molecule has 1 aromatic heterocycles. The summed E-state index contributed by atoms with van der Waals surface area (Å²) in [4.78, 5) is 16.0. The number of benzene rings is 2. The van der Waals surface area contributed by atoms with E-state index in [2.05, 4.69) is 22.1 Å². The number of likely N-dealkylation sites (N-methyl/N-ethyl adjacent to an activating group) is 1. The highest BCUT2D eigenvalue weighted by atomic mass is 32.2. The van der Waals surface area contributed by atoms with E-state index in [1.807, 2.05) is 54.6 Å². The first-order chi connectivity index (χ1) is 14.6. The highest BCUT2D eigenvalue weighted by Crippen LogP contribution is 2.35. The number of fused-ring (bicyclic) bond motifs is 1. The molecule has 5 rings (SSSR count). The lowest BCUT2D eigenvalue weighted by atomic mass is 10.1. The third-order valence-corrected chi connectivity index (χ3v) is 6.65. The summed E-state index contributed by atoms with van der Waals surface area (Å²) in [6.45, 7) is 3.43. The van der Waals surface area contributed by atoms with Gasteiger partial charge in [0, 0.05) is 31.7 Å². The zero-order chi connectivity index (χ0) is 20.7. The molecule has 0 atom stereocenters. The van der Waals surface area contributed by atoms with E-state index in [0.29, 0.717) is 9.23 Å². The average Bonchev–Trinajstić information content (AvgIpc) is 3.30. The summed E-state index contributed by atoms with van der Waals surface area (Å²) in [7, 11) is 2.09. The topological polar surface area (TPSA) is 52.8 Å². The minimum atomic E-state index is -0.0525. The second kappa shape index (κ2) is 7.96. The van der Waals surface area contributed by atoms with Gasteiger partial charge in [-0.05, 0) is 30.8 Å². The Bertz CT molecular complexity index is 1150. The van der Waals surface area contributed by atoms with Gasteiger partial charge in [-0.1, -0.05) is 65.5 Å². The number of hydrogen-bond acceptors (Lipinski definition) is 7. The van der Waals surface area contributed by atoms with Crippen molar-refractivity contribution in [1.29, 1.82) is 0 Å². The van der Waals surface area contributed by atoms with Crippen molar-refractivity contribution >= 4 is 51.2 Å². The molecule has 2 aromatic carbocycles. The third-order valence-electron chi connectivity index (χ3n) is 5.37. The number of aromatic nitrogens is 1. The molecule has 0 saturated carbocycles. The summed E-state index contributed by atoms with van der Waals surface area (Å²) >= 11 is 6.87. The molecule has 2 aliphatic rings. The predicted octanol–water partition coefficient (Wildman–Crippen LogP) is 3.86. The Hall–Kier alpha value is -2.52. The van der Waals surface area contributed by atoms with Gasteiger partial charge in [0.05, 0.1) is 10.3 Å². The van der Waals surface area contributed by atoms with E-state index in [0.717, 1.165) is 54.0 Å². The quantitative estimate of drug-likeness (QED) is 0.456. The largest absolute Gasteiger partial charge is 0.355 e. The Labute approximate surface area is 184 Å². The summed E-state index contributed by atoms with van der Waals surface area (Å²) in [5, 5.41) is 8.80. The standard InChI is InChI=1S/C22H20N4O2S2/c1-24-9-11-25(12-10-24)26-21(27)19(30-22(26)29)14-15-7-8-18-17(13-15)20(28-23-18)16-5-3-2-4-6-16/h2-8,13-14H,9-12H2,1H3. The van der Waals surface area contributed by atoms with Gasteiger partial charge in [-0.25, -0.2) is 10.0 Å². The highest BCUT2D eigenvalue weighted by molar-refractivity contribution is 8.26. The summed E-state index contributed by atoms with van der Waals surface area (Å²) in [5.41, 5.74) is 2.68. The van der Waals surface area contributed by atoms with Crippen molar-refractivity contribution in [3.63, 3.8) is 0 Å². The summed E-state index contributed by atoms with van der Waals surface area (Å²) in [6.07, 6.45) is 1.90. The van der Waals surface area contributed by atoms with Crippen LogP contribution in [0.5, 0.6) is 0 Å². The minimum absolute atomic E-state index is 0.0525. The molecule has 0 aliphatic carbocycles. The lowest BCUT2D eigenvalue weighted by molar-refractivity contribution is -0.135. The molecule has 0 N–H and O–H groups in total. The van der Waals surface area contributed by atoms with E-state index >= 15 is 0 Å². The molecule has 8 heteroatoms. The van der Waals surface area contributed by atoms with Gasteiger partial charge in [0.2, 0.25) is 0 Å². The molecule has 6 nitrogen and oxygen atoms in total. The van der Waals surface area contributed by atoms with Crippen molar-refractivity contribution in [2.45, 2.75) is 0 Å². The molecule has 3 aromatic rings. The van der Waals surface area contributed by atoms with Crippen LogP contribution in [0.4, 0.5) is 0 Å². The number of nitrogens with zero attached hydrogens (tertiary/aromatic N) is 4. The fraction of sp³-hybridized carbons (Fsp3) is 0.227. The normalized spacial score (nSPS) is 20.0. The molecule has 0 unspecified atom stereocenters. The molecule has 0 bridgehead atoms. The van der Waals surface area contributed by atoms with Crippen LogP contribution in [-0.4, -0.2) is 63.5 Å². The number of thiocarbonyl (C=S) groups is 1. The Morgan fingerprint density at radius 3 is 2.63 bits per heavy atom. The van der Waals surface area contributed by atoms with E-state index in [9.17, 15) is 4.79 Å². The molecule has 0 spiro atoms. The molecule has 1 amide bonds. The molecule has 30 heavy (non-hydrogen) atoms. The Morgan fingerprint density at radius 1 is 1.10 bits per heavy atom. The summed E-state index contributed by atoms with van der Waals surface area (Å²) < 4.78 is 6.18. The number of carbonyl (C=O) groups is 1. The molecule has 0 radical (unpaired) electrons. The van der Waals surface area contributed by atoms with Crippen LogP contribution in [0.15, 0.2) is 58.0 Å². The van der Waals surface area contributed by atoms with Crippen LogP contribution in [0.2, 0.25) is 0 Å². The molecule has 2 fully saturated rings. The zero-order valence-electron chi connectivity index (χ0n) is 16.4. The minimum Gasteiger partial charge on any atom is -0.355 e. The average molecular weight is 437 g/mol. The number of carbonyl (C=O) groups excluding carboxylic acids is 1. The first-order valence-electron chi connectivity index (χ1n) is 9.76. The Kier molecular flexibility index (Phi) is 5.16. The van der Waals surface area contributed by atoms with Crippen molar-refractivity contribution in [3.05, 3.63) is 59.0 Å². The molecule has 2 aliphatic heterocycles. The van der Waals surface area contributed by atoms with Crippen molar-refractivity contribution in [2.75, 3.05) is 33.2 Å². The van der Waals surface area contributed by atoms with Crippen LogP contribution >= 0.6 is 24.0 Å². The summed E-state index contributed by atoms with van der Waals surface area (Å²) in [5.74, 6) is 0.675. The van der Waals surface area contributed by atoms with Crippen LogP contribution in [0.3, 0.4) is 0 Å². The number of amides is 1. The van der Waals surface area contributed by atoms with Gasteiger partial charge in [0.15, 0.2) is 10.1 Å². The smallest absolute Gasteiger partial charge is 0.280 e. The van der Waals surface area contributed by atoms with Crippen molar-refractivity contribution in [1.82, 2.24) is 20.1 Å². The fourth-order valence-corrected chi connectivity index (χ4v) is 5.01. The van der Waals surface area contributed by atoms with Crippen LogP contribution < -0.4 is 0 Å². The van der Waals surface area contributed by atoms with E-state index in [1.165, 1.54) is 11.8 Å². The van der Waals surface area contributed by atoms with Crippen LogP contribution in [0.25, 0.3) is 28.3 Å². The Balaban J connectivity index is 1.45. The first-order valence-corrected chi connectivity index (χ1v) is 11.0. The lowest BCUT2D eigenvalue weighted by Crippen LogP contribution is -2.54. The van der Waals surface area contributed by atoms with Crippen LogP contribution in [0.1, 0.15) is 5.56 Å². The number of hydrogen-bond donors (Lipinski definition) is 0. The number of hydrazine groups is 1. The van der Waals surface area contributed by atoms with Crippen LogP contribution in [0, 0.1) is 0 Å². The van der Waals surface area contributed by atoms with E-state index in [1.54, 1.807) is 5.01 Å². The number of thioether (sulfide) groups is 1. The first kappa shape index (κ1) is 19.4. The highest BCUT2D eigenvalue weighted by Gasteiger charge is 2.37. The molecule has 152 valence electrons. The van der Waals surface area contributed by atoms with Gasteiger partial charge in [0.25, 0.3) is 5.91 Å². The third kappa shape index (κ3) is 3.56. The van der Waals surface area contributed by atoms with E-state index in [-0.39, 0.29) is 5.91 Å². The van der Waals surface area contributed by atoms with Gasteiger partial charge >= 0.3 is 0 Å². The van der Waals surface area contributed by atoms with Crippen LogP contribution in [-0.2, 0) is 4.79 Å². The predicted molar refractivity (Wildman–Crippen MR) is 124 cm³/mol. The maximum atomic E-state index is 13.1. The van der Waals surface area contributed by atoms with Gasteiger partial charge < -0.3 is 9.42 Å². The zero-order valence-corrected chi connectivity index (χ0v) is 18.1. The van der Waals surface area contributed by atoms with Crippen molar-refractivity contribution in [2.24, 2.45) is 0 Å². The Morgan fingerprint density at radius 2 is 1.87 bits per heavy atom. The molecule has 3 heterocycles. The van der Waals surface area contributed by atoms with Crippen molar-refractivity contribution in [3.8, 4) is 11.3 Å². The summed E-state index contributed by atoms with van der Waals surface area (Å²) in [6, 6.07) is 15.8. The molecular weight excluding hydrogens is 416 g/mol. The van der Waals surface area contributed by atoms with E-state index in [4.69, 9.17) is 16.7 Å². The van der Waals surface area contributed by atoms with Gasteiger partial charge in [-0.2, -0.15) is 0 Å². The number of piperazine rings is 1. The fourth-order valence-electron chi connectivity index (χ4n) is 3.70. The maximum absolute atomic E-state index is 13.1. The van der Waals surface area contributed by atoms with Gasteiger partial charge in [-0.3, -0.25) is 4.79 Å². The van der Waals surface area contributed by atoms with Crippen molar-refractivity contribution < 1.29 is 9.32 Å². The molecular formula is C22H20N4O2S2. The molecule has 2 saturated heterocycles. The van der Waals surface area contributed by atoms with Gasteiger partial charge in [0.1, 0.15) is 5.52 Å². The van der Waals surface area contributed by atoms with E-state index < -0.39 is 0 Å². The lowest BCUT2D eigenvalue weighted by Gasteiger charge is -2.37.